The van der Waals surface area contributed by atoms with Gasteiger partial charge < -0.3 is 4.18 Å². The van der Waals surface area contributed by atoms with E-state index < -0.39 is 20.0 Å². The highest BCUT2D eigenvalue weighted by Crippen LogP contribution is 2.25. The van der Waals surface area contributed by atoms with Crippen LogP contribution in [0.2, 0.25) is 0 Å². The van der Waals surface area contributed by atoms with Crippen molar-refractivity contribution in [3.8, 4) is 5.75 Å². The van der Waals surface area contributed by atoms with E-state index >= 15 is 0 Å². The minimum atomic E-state index is -4.11. The molecule has 0 bridgehead atoms. The number of aryl methyl sites for hydroxylation is 2. The lowest BCUT2D eigenvalue weighted by Crippen LogP contribution is -2.13. The molecule has 0 aliphatic rings. The molecule has 0 spiro atoms. The van der Waals surface area contributed by atoms with Gasteiger partial charge in [-0.2, -0.15) is 8.42 Å². The first-order chi connectivity index (χ1) is 10.1. The summed E-state index contributed by atoms with van der Waals surface area (Å²) in [4.78, 5) is -0.219. The van der Waals surface area contributed by atoms with Crippen molar-refractivity contribution < 1.29 is 21.0 Å². The van der Waals surface area contributed by atoms with Crippen LogP contribution < -0.4 is 4.18 Å². The third-order valence-corrected chi connectivity index (χ3v) is 5.64. The van der Waals surface area contributed by atoms with Crippen LogP contribution in [0, 0.1) is 13.8 Å². The van der Waals surface area contributed by atoms with Crippen molar-refractivity contribution in [2.24, 2.45) is 0 Å². The third kappa shape index (κ3) is 3.48. The number of para-hydroxylation sites is 1. The molecular formula is C15H16O5S2. The Morgan fingerprint density at radius 2 is 1.50 bits per heavy atom. The maximum absolute atomic E-state index is 12.4. The molecule has 0 amide bonds. The second kappa shape index (κ2) is 5.73. The highest BCUT2D eigenvalue weighted by molar-refractivity contribution is 7.90. The SMILES string of the molecule is Cc1ccccc1OS(=O)(=O)c1cc(S(C)(=O)=O)ccc1C. The van der Waals surface area contributed by atoms with Gasteiger partial charge in [0.1, 0.15) is 10.6 Å². The molecule has 0 atom stereocenters. The average molecular weight is 340 g/mol. The lowest BCUT2D eigenvalue weighted by molar-refractivity contribution is 0.483. The summed E-state index contributed by atoms with van der Waals surface area (Å²) in [6.07, 6.45) is 1.02. The zero-order valence-corrected chi connectivity index (χ0v) is 14.0. The Labute approximate surface area is 130 Å². The first-order valence-electron chi connectivity index (χ1n) is 6.42. The molecule has 0 saturated heterocycles. The Bertz CT molecular complexity index is 913. The number of hydrogen-bond acceptors (Lipinski definition) is 5. The normalized spacial score (nSPS) is 12.1. The third-order valence-electron chi connectivity index (χ3n) is 3.15. The Hall–Kier alpha value is -1.86. The summed E-state index contributed by atoms with van der Waals surface area (Å²) in [7, 11) is -7.62. The molecule has 2 aromatic carbocycles. The van der Waals surface area contributed by atoms with Gasteiger partial charge in [-0.05, 0) is 43.2 Å². The Morgan fingerprint density at radius 3 is 2.09 bits per heavy atom. The first kappa shape index (κ1) is 16.5. The molecule has 2 rings (SSSR count). The summed E-state index contributed by atoms with van der Waals surface area (Å²) in [5.74, 6) is 0.214. The molecule has 0 aliphatic carbocycles. The van der Waals surface area contributed by atoms with Gasteiger partial charge in [-0.15, -0.1) is 0 Å². The monoisotopic (exact) mass is 340 g/mol. The summed E-state index contributed by atoms with van der Waals surface area (Å²) in [6, 6.07) is 10.6. The first-order valence-corrected chi connectivity index (χ1v) is 9.72. The van der Waals surface area contributed by atoms with E-state index in [0.717, 1.165) is 12.3 Å². The van der Waals surface area contributed by atoms with Crippen molar-refractivity contribution in [3.63, 3.8) is 0 Å². The zero-order chi connectivity index (χ0) is 16.5. The van der Waals surface area contributed by atoms with E-state index in [0.29, 0.717) is 11.1 Å². The highest BCUT2D eigenvalue weighted by atomic mass is 32.2. The van der Waals surface area contributed by atoms with Gasteiger partial charge >= 0.3 is 10.1 Å². The van der Waals surface area contributed by atoms with Crippen LogP contribution in [0.3, 0.4) is 0 Å². The van der Waals surface area contributed by atoms with Gasteiger partial charge in [0.2, 0.25) is 0 Å². The Kier molecular flexibility index (Phi) is 4.30. The molecule has 0 saturated carbocycles. The van der Waals surface area contributed by atoms with Gasteiger partial charge in [0.25, 0.3) is 0 Å². The van der Waals surface area contributed by atoms with Crippen molar-refractivity contribution >= 4 is 20.0 Å². The standard InChI is InChI=1S/C15H16O5S2/c1-11-6-4-5-7-14(11)20-22(18,19)15-10-13(21(3,16)17)9-8-12(15)2/h4-10H,1-3H3. The van der Waals surface area contributed by atoms with Gasteiger partial charge in [0.05, 0.1) is 4.90 Å². The van der Waals surface area contributed by atoms with E-state index in [9.17, 15) is 16.8 Å². The van der Waals surface area contributed by atoms with Crippen molar-refractivity contribution in [2.45, 2.75) is 23.6 Å². The van der Waals surface area contributed by atoms with Gasteiger partial charge in [0, 0.05) is 6.26 Å². The molecule has 5 nitrogen and oxygen atoms in total. The smallest absolute Gasteiger partial charge is 0.339 e. The van der Waals surface area contributed by atoms with Crippen molar-refractivity contribution in [3.05, 3.63) is 53.6 Å². The van der Waals surface area contributed by atoms with Gasteiger partial charge in [-0.3, -0.25) is 0 Å². The lowest BCUT2D eigenvalue weighted by Gasteiger charge is -2.12. The minimum absolute atomic E-state index is 0.0648. The highest BCUT2D eigenvalue weighted by Gasteiger charge is 2.22. The minimum Gasteiger partial charge on any atom is -0.379 e. The molecule has 7 heteroatoms. The molecule has 118 valence electrons. The second-order valence-electron chi connectivity index (χ2n) is 5.00. The van der Waals surface area contributed by atoms with E-state index in [2.05, 4.69) is 0 Å². The van der Waals surface area contributed by atoms with Crippen LogP contribution in [0.25, 0.3) is 0 Å². The van der Waals surface area contributed by atoms with Crippen LogP contribution in [0.15, 0.2) is 52.3 Å². The molecule has 22 heavy (non-hydrogen) atoms. The van der Waals surface area contributed by atoms with Crippen LogP contribution in [-0.2, 0) is 20.0 Å². The predicted octanol–water partition coefficient (Wildman–Crippen LogP) is 2.47. The topological polar surface area (TPSA) is 77.5 Å². The molecule has 0 unspecified atom stereocenters. The molecular weight excluding hydrogens is 324 g/mol. The molecule has 0 radical (unpaired) electrons. The fraction of sp³-hybridized carbons (Fsp3) is 0.200. The van der Waals surface area contributed by atoms with Crippen LogP contribution in [0.1, 0.15) is 11.1 Å². The summed E-state index contributed by atoms with van der Waals surface area (Å²) in [5.41, 5.74) is 1.09. The molecule has 0 N–H and O–H groups in total. The van der Waals surface area contributed by atoms with Crippen molar-refractivity contribution in [2.75, 3.05) is 6.26 Å². The summed E-state index contributed by atoms with van der Waals surface area (Å²) >= 11 is 0. The van der Waals surface area contributed by atoms with Gasteiger partial charge in [-0.1, -0.05) is 24.3 Å². The number of hydrogen-bond donors (Lipinski definition) is 0. The second-order valence-corrected chi connectivity index (χ2v) is 8.53. The van der Waals surface area contributed by atoms with Crippen molar-refractivity contribution in [1.29, 1.82) is 0 Å². The quantitative estimate of drug-likeness (QED) is 0.799. The molecule has 0 fully saturated rings. The average Bonchev–Trinajstić information content (AvgIpc) is 2.40. The van der Waals surface area contributed by atoms with E-state index in [4.69, 9.17) is 4.18 Å². The van der Waals surface area contributed by atoms with E-state index in [1.54, 1.807) is 38.1 Å². The fourth-order valence-corrected chi connectivity index (χ4v) is 3.86. The van der Waals surface area contributed by atoms with Gasteiger partial charge in [0.15, 0.2) is 9.84 Å². The molecule has 0 heterocycles. The van der Waals surface area contributed by atoms with Crippen LogP contribution in [-0.4, -0.2) is 23.1 Å². The zero-order valence-electron chi connectivity index (χ0n) is 12.4. The lowest BCUT2D eigenvalue weighted by atomic mass is 10.2. The predicted molar refractivity (Wildman–Crippen MR) is 83.3 cm³/mol. The number of benzene rings is 2. The fourth-order valence-electron chi connectivity index (χ4n) is 1.89. The van der Waals surface area contributed by atoms with E-state index in [-0.39, 0.29) is 15.5 Å². The van der Waals surface area contributed by atoms with Crippen molar-refractivity contribution in [1.82, 2.24) is 0 Å². The number of sulfone groups is 1. The molecule has 2 aromatic rings. The summed E-state index contributed by atoms with van der Waals surface area (Å²) < 4.78 is 53.2. The molecule has 0 aromatic heterocycles. The maximum atomic E-state index is 12.4. The number of rotatable bonds is 4. The maximum Gasteiger partial charge on any atom is 0.339 e. The van der Waals surface area contributed by atoms with Gasteiger partial charge in [-0.25, -0.2) is 8.42 Å². The Morgan fingerprint density at radius 1 is 0.864 bits per heavy atom. The van der Waals surface area contributed by atoms with E-state index in [1.165, 1.54) is 12.1 Å². The van der Waals surface area contributed by atoms with E-state index in [1.807, 2.05) is 0 Å². The Balaban J connectivity index is 2.53. The summed E-state index contributed by atoms with van der Waals surface area (Å²) in [5, 5.41) is 0. The van der Waals surface area contributed by atoms with Crippen LogP contribution >= 0.6 is 0 Å². The molecule has 0 aliphatic heterocycles. The van der Waals surface area contributed by atoms with Crippen LogP contribution in [0.5, 0.6) is 5.75 Å². The summed E-state index contributed by atoms with van der Waals surface area (Å²) in [6.45, 7) is 3.31. The largest absolute Gasteiger partial charge is 0.379 e. The van der Waals surface area contributed by atoms with Crippen LogP contribution in [0.4, 0.5) is 0 Å².